The molecule has 6 N–H and O–H groups in total. The van der Waals surface area contributed by atoms with Gasteiger partial charge in [0.2, 0.25) is 0 Å². The third kappa shape index (κ3) is 10.0. The Morgan fingerprint density at radius 1 is 0.933 bits per heavy atom. The van der Waals surface area contributed by atoms with Crippen LogP contribution < -0.4 is 22.1 Å². The number of amides is 1. The molecule has 1 rings (SSSR count). The molecule has 0 aliphatic carbocycles. The Kier molecular flexibility index (Phi) is 11.0. The number of rotatable bonds is 14. The van der Waals surface area contributed by atoms with Crippen LogP contribution >= 0.6 is 0 Å². The van der Waals surface area contributed by atoms with Crippen molar-refractivity contribution in [2.75, 3.05) is 39.3 Å². The molecule has 0 aliphatic heterocycles. The molecule has 0 spiro atoms. The van der Waals surface area contributed by atoms with Crippen molar-refractivity contribution in [2.45, 2.75) is 71.4 Å². The van der Waals surface area contributed by atoms with Crippen molar-refractivity contribution < 1.29 is 4.79 Å². The van der Waals surface area contributed by atoms with Crippen LogP contribution in [0.3, 0.4) is 0 Å². The van der Waals surface area contributed by atoms with Crippen molar-refractivity contribution >= 4 is 5.91 Å². The Morgan fingerprint density at radius 3 is 2.10 bits per heavy atom. The van der Waals surface area contributed by atoms with Gasteiger partial charge in [-0.2, -0.15) is 0 Å². The zero-order chi connectivity index (χ0) is 22.8. The van der Waals surface area contributed by atoms with E-state index in [-0.39, 0.29) is 17.0 Å². The minimum absolute atomic E-state index is 0.0223. The van der Waals surface area contributed by atoms with E-state index in [4.69, 9.17) is 11.5 Å². The summed E-state index contributed by atoms with van der Waals surface area (Å²) in [4.78, 5) is 15.0. The number of nitrogens with one attached hydrogen (secondary N) is 2. The summed E-state index contributed by atoms with van der Waals surface area (Å²) in [7, 11) is 0. The van der Waals surface area contributed by atoms with E-state index < -0.39 is 0 Å². The summed E-state index contributed by atoms with van der Waals surface area (Å²) in [5.74, 6) is 0.438. The largest absolute Gasteiger partial charge is 0.347 e. The van der Waals surface area contributed by atoms with Gasteiger partial charge in [-0.15, -0.1) is 0 Å². The number of carbonyl (C=O) groups is 1. The molecule has 0 aromatic heterocycles. The molecule has 0 saturated carbocycles. The van der Waals surface area contributed by atoms with Crippen molar-refractivity contribution in [2.24, 2.45) is 11.5 Å². The summed E-state index contributed by atoms with van der Waals surface area (Å²) in [5.41, 5.74) is 13.2. The van der Waals surface area contributed by atoms with Gasteiger partial charge >= 0.3 is 0 Å². The first-order valence-electron chi connectivity index (χ1n) is 11.3. The summed E-state index contributed by atoms with van der Waals surface area (Å²) in [6.07, 6.45) is 1.80. The predicted octanol–water partition coefficient (Wildman–Crippen LogP) is 2.69. The standard InChI is InChI=1S/C24H45N5O/c1-19(2)20-7-9-21(10-8-20)22(30)28-24(5,6)12-16-29(17-14-26)18-15-27-23(3,4)11-13-25/h7-10,19,27H,11-18,25-26H2,1-6H3,(H,28,30). The second kappa shape index (κ2) is 12.4. The van der Waals surface area contributed by atoms with Gasteiger partial charge in [-0.3, -0.25) is 4.79 Å². The van der Waals surface area contributed by atoms with E-state index in [1.807, 2.05) is 24.3 Å². The molecule has 0 heterocycles. The molecule has 30 heavy (non-hydrogen) atoms. The van der Waals surface area contributed by atoms with Crippen molar-refractivity contribution in [3.05, 3.63) is 35.4 Å². The van der Waals surface area contributed by atoms with Gasteiger partial charge in [0, 0.05) is 49.4 Å². The minimum atomic E-state index is -0.299. The van der Waals surface area contributed by atoms with E-state index in [1.54, 1.807) is 0 Å². The number of benzene rings is 1. The molecule has 0 unspecified atom stereocenters. The third-order valence-corrected chi connectivity index (χ3v) is 5.59. The first-order valence-corrected chi connectivity index (χ1v) is 11.3. The Labute approximate surface area is 184 Å². The lowest BCUT2D eigenvalue weighted by Crippen LogP contribution is -2.48. The summed E-state index contributed by atoms with van der Waals surface area (Å²) in [6, 6.07) is 7.90. The average Bonchev–Trinajstić information content (AvgIpc) is 2.65. The zero-order valence-corrected chi connectivity index (χ0v) is 20.1. The maximum Gasteiger partial charge on any atom is 0.251 e. The van der Waals surface area contributed by atoms with Gasteiger partial charge in [-0.1, -0.05) is 26.0 Å². The molecule has 0 radical (unpaired) electrons. The van der Waals surface area contributed by atoms with Crippen LogP contribution in [-0.2, 0) is 0 Å². The molecular weight excluding hydrogens is 374 g/mol. The minimum Gasteiger partial charge on any atom is -0.347 e. The molecule has 0 aliphatic rings. The van der Waals surface area contributed by atoms with E-state index >= 15 is 0 Å². The number of hydrogen-bond acceptors (Lipinski definition) is 5. The van der Waals surface area contributed by atoms with Gasteiger partial charge in [0.25, 0.3) is 5.91 Å². The molecule has 1 aromatic rings. The molecule has 0 atom stereocenters. The van der Waals surface area contributed by atoms with Crippen LogP contribution in [0.1, 0.15) is 76.2 Å². The molecular formula is C24H45N5O. The lowest BCUT2D eigenvalue weighted by Gasteiger charge is -2.32. The Morgan fingerprint density at radius 2 is 1.57 bits per heavy atom. The predicted molar refractivity (Wildman–Crippen MR) is 128 cm³/mol. The molecule has 6 heteroatoms. The van der Waals surface area contributed by atoms with Gasteiger partial charge in [-0.05, 0) is 70.7 Å². The Balaban J connectivity index is 2.55. The van der Waals surface area contributed by atoms with Gasteiger partial charge in [0.1, 0.15) is 0 Å². The summed E-state index contributed by atoms with van der Waals surface area (Å²) in [5, 5.41) is 6.77. The van der Waals surface area contributed by atoms with Crippen LogP contribution in [0.2, 0.25) is 0 Å². The van der Waals surface area contributed by atoms with E-state index in [2.05, 4.69) is 57.1 Å². The van der Waals surface area contributed by atoms with E-state index in [1.165, 1.54) is 5.56 Å². The highest BCUT2D eigenvalue weighted by Crippen LogP contribution is 2.16. The number of nitrogens with zero attached hydrogens (tertiary/aromatic N) is 1. The van der Waals surface area contributed by atoms with Crippen molar-refractivity contribution in [3.63, 3.8) is 0 Å². The number of nitrogens with two attached hydrogens (primary N) is 2. The zero-order valence-electron chi connectivity index (χ0n) is 20.1. The number of carbonyl (C=O) groups excluding carboxylic acids is 1. The molecule has 0 saturated heterocycles. The first kappa shape index (κ1) is 26.6. The van der Waals surface area contributed by atoms with E-state index in [0.29, 0.717) is 24.6 Å². The van der Waals surface area contributed by atoms with Crippen molar-refractivity contribution in [3.8, 4) is 0 Å². The molecule has 0 bridgehead atoms. The molecule has 1 amide bonds. The highest BCUT2D eigenvalue weighted by atomic mass is 16.1. The normalized spacial score (nSPS) is 12.6. The fourth-order valence-corrected chi connectivity index (χ4v) is 3.42. The topological polar surface area (TPSA) is 96.4 Å². The first-order chi connectivity index (χ1) is 14.0. The van der Waals surface area contributed by atoms with Crippen LogP contribution in [0.4, 0.5) is 0 Å². The Bertz CT molecular complexity index is 625. The molecule has 1 aromatic carbocycles. The maximum absolute atomic E-state index is 12.7. The lowest BCUT2D eigenvalue weighted by molar-refractivity contribution is 0.0902. The van der Waals surface area contributed by atoms with Crippen LogP contribution in [0.15, 0.2) is 24.3 Å². The van der Waals surface area contributed by atoms with Crippen LogP contribution in [0.5, 0.6) is 0 Å². The smallest absolute Gasteiger partial charge is 0.251 e. The van der Waals surface area contributed by atoms with Crippen LogP contribution in [-0.4, -0.2) is 61.2 Å². The lowest BCUT2D eigenvalue weighted by atomic mass is 9.98. The quantitative estimate of drug-likeness (QED) is 0.372. The van der Waals surface area contributed by atoms with Crippen LogP contribution in [0.25, 0.3) is 0 Å². The van der Waals surface area contributed by atoms with Gasteiger partial charge in [-0.25, -0.2) is 0 Å². The van der Waals surface area contributed by atoms with Gasteiger partial charge < -0.3 is 27.0 Å². The fraction of sp³-hybridized carbons (Fsp3) is 0.708. The summed E-state index contributed by atoms with van der Waals surface area (Å²) >= 11 is 0. The highest BCUT2D eigenvalue weighted by molar-refractivity contribution is 5.94. The van der Waals surface area contributed by atoms with E-state index in [0.717, 1.165) is 39.0 Å². The SMILES string of the molecule is CC(C)c1ccc(C(=O)NC(C)(C)CCN(CCN)CCNC(C)(C)CCN)cc1. The molecule has 6 nitrogen and oxygen atoms in total. The molecule has 172 valence electrons. The summed E-state index contributed by atoms with van der Waals surface area (Å²) < 4.78 is 0. The Hall–Kier alpha value is -1.47. The highest BCUT2D eigenvalue weighted by Gasteiger charge is 2.23. The second-order valence-electron chi connectivity index (χ2n) is 9.84. The van der Waals surface area contributed by atoms with Crippen LogP contribution in [0, 0.1) is 0 Å². The second-order valence-corrected chi connectivity index (χ2v) is 9.84. The average molecular weight is 420 g/mol. The summed E-state index contributed by atoms with van der Waals surface area (Å²) in [6.45, 7) is 17.7. The van der Waals surface area contributed by atoms with Gasteiger partial charge in [0.05, 0.1) is 0 Å². The fourth-order valence-electron chi connectivity index (χ4n) is 3.42. The van der Waals surface area contributed by atoms with Crippen molar-refractivity contribution in [1.29, 1.82) is 0 Å². The third-order valence-electron chi connectivity index (χ3n) is 5.59. The van der Waals surface area contributed by atoms with Crippen molar-refractivity contribution in [1.82, 2.24) is 15.5 Å². The van der Waals surface area contributed by atoms with E-state index in [9.17, 15) is 4.79 Å². The monoisotopic (exact) mass is 419 g/mol. The van der Waals surface area contributed by atoms with Gasteiger partial charge in [0.15, 0.2) is 0 Å². The maximum atomic E-state index is 12.7. The number of hydrogen-bond donors (Lipinski definition) is 4. The molecule has 0 fully saturated rings.